The number of amides is 1. The monoisotopic (exact) mass is 290 g/mol. The zero-order valence-corrected chi connectivity index (χ0v) is 13.4. The fourth-order valence-corrected chi connectivity index (χ4v) is 2.56. The van der Waals surface area contributed by atoms with Crippen molar-refractivity contribution < 1.29 is 4.79 Å². The van der Waals surface area contributed by atoms with Gasteiger partial charge in [0, 0.05) is 32.7 Å². The van der Waals surface area contributed by atoms with Gasteiger partial charge in [-0.15, -0.1) is 0 Å². The van der Waals surface area contributed by atoms with Crippen molar-refractivity contribution in [2.75, 3.05) is 31.6 Å². The van der Waals surface area contributed by atoms with Crippen LogP contribution < -0.4 is 4.90 Å². The van der Waals surface area contributed by atoms with Crippen molar-refractivity contribution in [2.24, 2.45) is 5.92 Å². The van der Waals surface area contributed by atoms with Crippen LogP contribution in [0.3, 0.4) is 0 Å². The topological polar surface area (TPSA) is 49.3 Å². The summed E-state index contributed by atoms with van der Waals surface area (Å²) in [7, 11) is 2.01. The molecule has 1 aliphatic rings. The molecule has 2 heterocycles. The smallest absolute Gasteiger partial charge is 0.272 e. The van der Waals surface area contributed by atoms with Crippen LogP contribution in [0.1, 0.15) is 50.0 Å². The highest BCUT2D eigenvalue weighted by atomic mass is 16.2. The van der Waals surface area contributed by atoms with Crippen LogP contribution in [-0.2, 0) is 0 Å². The van der Waals surface area contributed by atoms with Crippen LogP contribution in [0.4, 0.5) is 5.82 Å². The Bertz CT molecular complexity index is 469. The lowest BCUT2D eigenvalue weighted by Gasteiger charge is -2.30. The van der Waals surface area contributed by atoms with Crippen molar-refractivity contribution in [1.82, 2.24) is 14.9 Å². The van der Waals surface area contributed by atoms with E-state index in [1.54, 1.807) is 0 Å². The van der Waals surface area contributed by atoms with Crippen LogP contribution >= 0.6 is 0 Å². The number of rotatable bonds is 5. The summed E-state index contributed by atoms with van der Waals surface area (Å²) in [6.07, 6.45) is 5.93. The summed E-state index contributed by atoms with van der Waals surface area (Å²) in [6.45, 7) is 7.03. The molecule has 21 heavy (non-hydrogen) atoms. The summed E-state index contributed by atoms with van der Waals surface area (Å²) >= 11 is 0. The van der Waals surface area contributed by atoms with E-state index in [9.17, 15) is 4.79 Å². The highest BCUT2D eigenvalue weighted by molar-refractivity contribution is 5.93. The standard InChI is InChI=1S/C16H26N4O/c1-4-5-8-19(3)15-11-14(17-12-18-15)16(21)20-9-6-13(2)7-10-20/h11-13H,4-10H2,1-3H3. The second-order valence-corrected chi connectivity index (χ2v) is 6.01. The molecule has 0 bridgehead atoms. The predicted octanol–water partition coefficient (Wildman–Crippen LogP) is 2.59. The minimum Gasteiger partial charge on any atom is -0.360 e. The van der Waals surface area contributed by atoms with Crippen LogP contribution in [-0.4, -0.2) is 47.5 Å². The van der Waals surface area contributed by atoms with E-state index in [0.717, 1.165) is 57.1 Å². The number of aromatic nitrogens is 2. The van der Waals surface area contributed by atoms with Crippen molar-refractivity contribution in [3.05, 3.63) is 18.1 Å². The highest BCUT2D eigenvalue weighted by Crippen LogP contribution is 2.18. The number of piperidine rings is 1. The Labute approximate surface area is 127 Å². The molecule has 0 spiro atoms. The Morgan fingerprint density at radius 3 is 2.76 bits per heavy atom. The first kappa shape index (κ1) is 15.7. The van der Waals surface area contributed by atoms with Crippen molar-refractivity contribution in [2.45, 2.75) is 39.5 Å². The van der Waals surface area contributed by atoms with Crippen molar-refractivity contribution >= 4 is 11.7 Å². The molecule has 0 radical (unpaired) electrons. The van der Waals surface area contributed by atoms with E-state index in [0.29, 0.717) is 5.69 Å². The first-order valence-corrected chi connectivity index (χ1v) is 7.94. The lowest BCUT2D eigenvalue weighted by molar-refractivity contribution is 0.0691. The fraction of sp³-hybridized carbons (Fsp3) is 0.688. The van der Waals surface area contributed by atoms with Gasteiger partial charge >= 0.3 is 0 Å². The second-order valence-electron chi connectivity index (χ2n) is 6.01. The normalized spacial score (nSPS) is 16.0. The molecule has 0 aromatic carbocycles. The van der Waals surface area contributed by atoms with Crippen molar-refractivity contribution in [3.63, 3.8) is 0 Å². The van der Waals surface area contributed by atoms with Gasteiger partial charge in [0.15, 0.2) is 0 Å². The Morgan fingerprint density at radius 2 is 2.10 bits per heavy atom. The molecule has 0 N–H and O–H groups in total. The van der Waals surface area contributed by atoms with E-state index >= 15 is 0 Å². The summed E-state index contributed by atoms with van der Waals surface area (Å²) in [5, 5.41) is 0. The molecule has 0 saturated carbocycles. The molecule has 0 atom stereocenters. The average molecular weight is 290 g/mol. The molecule has 0 aliphatic carbocycles. The number of hydrogen-bond acceptors (Lipinski definition) is 4. The SMILES string of the molecule is CCCCN(C)c1cc(C(=O)N2CCC(C)CC2)ncn1. The van der Waals surface area contributed by atoms with Gasteiger partial charge < -0.3 is 9.80 Å². The van der Waals surface area contributed by atoms with Crippen LogP contribution in [0.25, 0.3) is 0 Å². The molecule has 1 aromatic heterocycles. The molecular weight excluding hydrogens is 264 g/mol. The Balaban J connectivity index is 2.04. The molecule has 1 fully saturated rings. The molecule has 1 aliphatic heterocycles. The zero-order valence-electron chi connectivity index (χ0n) is 13.4. The Morgan fingerprint density at radius 1 is 1.38 bits per heavy atom. The maximum atomic E-state index is 12.5. The third-order valence-electron chi connectivity index (χ3n) is 4.18. The molecular formula is C16H26N4O. The van der Waals surface area contributed by atoms with Crippen LogP contribution in [0, 0.1) is 5.92 Å². The molecule has 0 unspecified atom stereocenters. The highest BCUT2D eigenvalue weighted by Gasteiger charge is 2.22. The lowest BCUT2D eigenvalue weighted by atomic mass is 9.99. The van der Waals surface area contributed by atoms with Gasteiger partial charge in [0.25, 0.3) is 5.91 Å². The third kappa shape index (κ3) is 4.16. The molecule has 116 valence electrons. The number of unbranched alkanes of at least 4 members (excludes halogenated alkanes) is 1. The summed E-state index contributed by atoms with van der Waals surface area (Å²) in [5.74, 6) is 1.58. The van der Waals surface area contributed by atoms with Gasteiger partial charge in [-0.2, -0.15) is 0 Å². The average Bonchev–Trinajstić information content (AvgIpc) is 2.52. The minimum atomic E-state index is 0.0365. The summed E-state index contributed by atoms with van der Waals surface area (Å²) in [5.41, 5.74) is 0.512. The van der Waals surface area contributed by atoms with E-state index < -0.39 is 0 Å². The van der Waals surface area contributed by atoms with E-state index in [4.69, 9.17) is 0 Å². The fourth-order valence-electron chi connectivity index (χ4n) is 2.56. The molecule has 5 heteroatoms. The van der Waals surface area contributed by atoms with Gasteiger partial charge in [-0.3, -0.25) is 4.79 Å². The maximum Gasteiger partial charge on any atom is 0.272 e. The third-order valence-corrected chi connectivity index (χ3v) is 4.18. The first-order chi connectivity index (χ1) is 10.1. The quantitative estimate of drug-likeness (QED) is 0.836. The van der Waals surface area contributed by atoms with Gasteiger partial charge in [-0.25, -0.2) is 9.97 Å². The Kier molecular flexibility index (Phi) is 5.53. The maximum absolute atomic E-state index is 12.5. The molecule has 1 aromatic rings. The summed E-state index contributed by atoms with van der Waals surface area (Å²) < 4.78 is 0. The second kappa shape index (κ2) is 7.38. The number of hydrogen-bond donors (Lipinski definition) is 0. The van der Waals surface area contributed by atoms with Crippen LogP contribution in [0.5, 0.6) is 0 Å². The van der Waals surface area contributed by atoms with Gasteiger partial charge in [0.2, 0.25) is 0 Å². The zero-order chi connectivity index (χ0) is 15.2. The van der Waals surface area contributed by atoms with Gasteiger partial charge in [0.1, 0.15) is 17.8 Å². The van der Waals surface area contributed by atoms with Crippen LogP contribution in [0.15, 0.2) is 12.4 Å². The molecule has 1 saturated heterocycles. The van der Waals surface area contributed by atoms with Crippen molar-refractivity contribution in [1.29, 1.82) is 0 Å². The Hall–Kier alpha value is -1.65. The molecule has 1 amide bonds. The predicted molar refractivity (Wildman–Crippen MR) is 84.5 cm³/mol. The van der Waals surface area contributed by atoms with E-state index in [2.05, 4.69) is 28.7 Å². The summed E-state index contributed by atoms with van der Waals surface area (Å²) in [6, 6.07) is 1.82. The number of likely N-dealkylation sites (tertiary alicyclic amines) is 1. The molecule has 2 rings (SSSR count). The van der Waals surface area contributed by atoms with E-state index in [1.807, 2.05) is 18.0 Å². The van der Waals surface area contributed by atoms with Gasteiger partial charge in [-0.05, 0) is 25.2 Å². The van der Waals surface area contributed by atoms with E-state index in [1.165, 1.54) is 6.33 Å². The van der Waals surface area contributed by atoms with Crippen LogP contribution in [0.2, 0.25) is 0 Å². The molecule has 5 nitrogen and oxygen atoms in total. The number of anilines is 1. The van der Waals surface area contributed by atoms with E-state index in [-0.39, 0.29) is 5.91 Å². The largest absolute Gasteiger partial charge is 0.360 e. The van der Waals surface area contributed by atoms with Crippen molar-refractivity contribution in [3.8, 4) is 0 Å². The lowest BCUT2D eigenvalue weighted by Crippen LogP contribution is -2.38. The van der Waals surface area contributed by atoms with Gasteiger partial charge in [0.05, 0.1) is 0 Å². The number of carbonyl (C=O) groups excluding carboxylic acids is 1. The number of carbonyl (C=O) groups is 1. The van der Waals surface area contributed by atoms with Gasteiger partial charge in [-0.1, -0.05) is 20.3 Å². The minimum absolute atomic E-state index is 0.0365. The number of nitrogens with zero attached hydrogens (tertiary/aromatic N) is 4. The summed E-state index contributed by atoms with van der Waals surface area (Å²) in [4.78, 5) is 25.0. The first-order valence-electron chi connectivity index (χ1n) is 7.94.